The molecule has 20 heavy (non-hydrogen) atoms. The van der Waals surface area contributed by atoms with Gasteiger partial charge in [0.05, 0.1) is 10.6 Å². The molecule has 0 saturated heterocycles. The molecular formula is C14H11ClFNO3. The number of hydrogen-bond donors (Lipinski definition) is 2. The van der Waals surface area contributed by atoms with Crippen LogP contribution in [0.15, 0.2) is 30.3 Å². The maximum Gasteiger partial charge on any atom is 0.337 e. The molecular weight excluding hydrogens is 285 g/mol. The summed E-state index contributed by atoms with van der Waals surface area (Å²) in [5.41, 5.74) is 5.95. The third-order valence-electron chi connectivity index (χ3n) is 2.64. The van der Waals surface area contributed by atoms with Gasteiger partial charge in [0.15, 0.2) is 11.6 Å². The van der Waals surface area contributed by atoms with Crippen LogP contribution >= 0.6 is 11.6 Å². The van der Waals surface area contributed by atoms with Gasteiger partial charge in [-0.1, -0.05) is 17.7 Å². The van der Waals surface area contributed by atoms with E-state index in [1.807, 2.05) is 6.92 Å². The average Bonchev–Trinajstić information content (AvgIpc) is 2.35. The van der Waals surface area contributed by atoms with Gasteiger partial charge in [-0.15, -0.1) is 0 Å². The number of rotatable bonds is 3. The van der Waals surface area contributed by atoms with Gasteiger partial charge >= 0.3 is 5.97 Å². The Balaban J connectivity index is 2.43. The lowest BCUT2D eigenvalue weighted by Crippen LogP contribution is -2.04. The molecule has 0 spiro atoms. The molecule has 0 fully saturated rings. The summed E-state index contributed by atoms with van der Waals surface area (Å²) in [4.78, 5) is 11.0. The van der Waals surface area contributed by atoms with E-state index in [2.05, 4.69) is 0 Å². The molecule has 0 atom stereocenters. The van der Waals surface area contributed by atoms with Crippen LogP contribution in [0.1, 0.15) is 15.9 Å². The third-order valence-corrected chi connectivity index (χ3v) is 2.94. The largest absolute Gasteiger partial charge is 0.478 e. The highest BCUT2D eigenvalue weighted by Crippen LogP contribution is 2.33. The smallest absolute Gasteiger partial charge is 0.337 e. The third kappa shape index (κ3) is 2.83. The standard InChI is InChI=1S/C14H11ClFNO3/c1-7-2-3-12(9(15)4-7)20-13-5-8(14(18)19)11(17)6-10(13)16/h2-6H,17H2,1H3,(H,18,19). The second-order valence-electron chi connectivity index (χ2n) is 4.21. The summed E-state index contributed by atoms with van der Waals surface area (Å²) in [7, 11) is 0. The number of carboxylic acids is 1. The first-order valence-corrected chi connectivity index (χ1v) is 6.02. The summed E-state index contributed by atoms with van der Waals surface area (Å²) in [6, 6.07) is 6.91. The Kier molecular flexibility index (Phi) is 3.81. The van der Waals surface area contributed by atoms with Crippen molar-refractivity contribution >= 4 is 23.3 Å². The van der Waals surface area contributed by atoms with Crippen LogP contribution in [0.2, 0.25) is 5.02 Å². The molecule has 0 unspecified atom stereocenters. The minimum atomic E-state index is -1.26. The lowest BCUT2D eigenvalue weighted by atomic mass is 10.1. The Bertz CT molecular complexity index is 688. The SMILES string of the molecule is Cc1ccc(Oc2cc(C(=O)O)c(N)cc2F)c(Cl)c1. The molecule has 6 heteroatoms. The van der Waals surface area contributed by atoms with Gasteiger partial charge in [-0.2, -0.15) is 0 Å². The maximum atomic E-state index is 13.7. The molecule has 104 valence electrons. The zero-order valence-electron chi connectivity index (χ0n) is 10.5. The molecule has 0 amide bonds. The summed E-state index contributed by atoms with van der Waals surface area (Å²) < 4.78 is 19.1. The molecule has 3 N–H and O–H groups in total. The van der Waals surface area contributed by atoms with E-state index in [-0.39, 0.29) is 22.7 Å². The number of ether oxygens (including phenoxy) is 1. The van der Waals surface area contributed by atoms with Crippen LogP contribution in [-0.2, 0) is 0 Å². The zero-order valence-corrected chi connectivity index (χ0v) is 11.2. The van der Waals surface area contributed by atoms with Gasteiger partial charge in [-0.05, 0) is 24.6 Å². The van der Waals surface area contributed by atoms with Gasteiger partial charge in [-0.25, -0.2) is 9.18 Å². The lowest BCUT2D eigenvalue weighted by molar-refractivity contribution is 0.0697. The Labute approximate surface area is 119 Å². The number of anilines is 1. The number of nitrogen functional groups attached to an aromatic ring is 1. The van der Waals surface area contributed by atoms with Gasteiger partial charge in [-0.3, -0.25) is 0 Å². The summed E-state index contributed by atoms with van der Waals surface area (Å²) in [6.45, 7) is 1.85. The van der Waals surface area contributed by atoms with E-state index in [4.69, 9.17) is 27.2 Å². The van der Waals surface area contributed by atoms with Gasteiger partial charge in [0.1, 0.15) is 5.75 Å². The Morgan fingerprint density at radius 3 is 2.60 bits per heavy atom. The quantitative estimate of drug-likeness (QED) is 0.843. The second-order valence-corrected chi connectivity index (χ2v) is 4.62. The molecule has 2 aromatic carbocycles. The van der Waals surface area contributed by atoms with E-state index in [0.717, 1.165) is 17.7 Å². The predicted octanol–water partition coefficient (Wildman–Crippen LogP) is 3.86. The molecule has 0 heterocycles. The van der Waals surface area contributed by atoms with Crippen molar-refractivity contribution in [2.75, 3.05) is 5.73 Å². The van der Waals surface area contributed by atoms with Crippen LogP contribution in [0.25, 0.3) is 0 Å². The highest BCUT2D eigenvalue weighted by Gasteiger charge is 2.15. The number of aromatic carboxylic acids is 1. The van der Waals surface area contributed by atoms with Crippen LogP contribution in [-0.4, -0.2) is 11.1 Å². The van der Waals surface area contributed by atoms with Crippen molar-refractivity contribution in [3.63, 3.8) is 0 Å². The zero-order chi connectivity index (χ0) is 14.9. The molecule has 0 aliphatic carbocycles. The van der Waals surface area contributed by atoms with E-state index in [0.29, 0.717) is 5.02 Å². The van der Waals surface area contributed by atoms with E-state index >= 15 is 0 Å². The van der Waals surface area contributed by atoms with Crippen LogP contribution in [0, 0.1) is 12.7 Å². The van der Waals surface area contributed by atoms with E-state index in [1.54, 1.807) is 18.2 Å². The fraction of sp³-hybridized carbons (Fsp3) is 0.0714. The van der Waals surface area contributed by atoms with Crippen molar-refractivity contribution < 1.29 is 19.0 Å². The van der Waals surface area contributed by atoms with Crippen molar-refractivity contribution in [1.82, 2.24) is 0 Å². The summed E-state index contributed by atoms with van der Waals surface area (Å²) in [5, 5.41) is 9.26. The molecule has 0 bridgehead atoms. The van der Waals surface area contributed by atoms with Crippen LogP contribution in [0.5, 0.6) is 11.5 Å². The minimum absolute atomic E-state index is 0.169. The van der Waals surface area contributed by atoms with Crippen molar-refractivity contribution in [3.05, 3.63) is 52.3 Å². The number of carbonyl (C=O) groups is 1. The average molecular weight is 296 g/mol. The summed E-state index contributed by atoms with van der Waals surface area (Å²) >= 11 is 5.98. The molecule has 0 aliphatic rings. The Morgan fingerprint density at radius 1 is 1.30 bits per heavy atom. The first-order chi connectivity index (χ1) is 9.38. The van der Waals surface area contributed by atoms with E-state index in [9.17, 15) is 9.18 Å². The molecule has 2 aromatic rings. The van der Waals surface area contributed by atoms with Gasteiger partial charge in [0.25, 0.3) is 0 Å². The maximum absolute atomic E-state index is 13.7. The normalized spacial score (nSPS) is 10.3. The van der Waals surface area contributed by atoms with E-state index in [1.165, 1.54) is 0 Å². The lowest BCUT2D eigenvalue weighted by Gasteiger charge is -2.11. The van der Waals surface area contributed by atoms with E-state index < -0.39 is 11.8 Å². The van der Waals surface area contributed by atoms with Crippen molar-refractivity contribution in [3.8, 4) is 11.5 Å². The van der Waals surface area contributed by atoms with Crippen LogP contribution < -0.4 is 10.5 Å². The molecule has 0 aliphatic heterocycles. The monoisotopic (exact) mass is 295 g/mol. The number of hydrogen-bond acceptors (Lipinski definition) is 3. The van der Waals surface area contributed by atoms with Crippen LogP contribution in [0.4, 0.5) is 10.1 Å². The van der Waals surface area contributed by atoms with Crippen LogP contribution in [0.3, 0.4) is 0 Å². The second kappa shape index (κ2) is 5.38. The van der Waals surface area contributed by atoms with Gasteiger partial charge in [0.2, 0.25) is 0 Å². The highest BCUT2D eigenvalue weighted by atomic mass is 35.5. The first kappa shape index (κ1) is 14.1. The molecule has 0 aromatic heterocycles. The highest BCUT2D eigenvalue weighted by molar-refractivity contribution is 6.32. The fourth-order valence-corrected chi connectivity index (χ4v) is 1.91. The van der Waals surface area contributed by atoms with Crippen molar-refractivity contribution in [2.45, 2.75) is 6.92 Å². The molecule has 4 nitrogen and oxygen atoms in total. The number of benzene rings is 2. The Morgan fingerprint density at radius 2 is 2.00 bits per heavy atom. The minimum Gasteiger partial charge on any atom is -0.478 e. The molecule has 2 rings (SSSR count). The number of halogens is 2. The topological polar surface area (TPSA) is 72.5 Å². The predicted molar refractivity (Wildman–Crippen MR) is 74.0 cm³/mol. The number of nitrogens with two attached hydrogens (primary N) is 1. The Hall–Kier alpha value is -2.27. The molecule has 0 radical (unpaired) electrons. The summed E-state index contributed by atoms with van der Waals surface area (Å²) in [6.07, 6.45) is 0. The van der Waals surface area contributed by atoms with Crippen molar-refractivity contribution in [1.29, 1.82) is 0 Å². The van der Waals surface area contributed by atoms with Crippen molar-refractivity contribution in [2.24, 2.45) is 0 Å². The fourth-order valence-electron chi connectivity index (χ4n) is 1.64. The summed E-state index contributed by atoms with van der Waals surface area (Å²) in [5.74, 6) is -2.04. The van der Waals surface area contributed by atoms with Gasteiger partial charge < -0.3 is 15.6 Å². The first-order valence-electron chi connectivity index (χ1n) is 5.65. The number of carboxylic acid groups (broad SMARTS) is 1. The molecule has 0 saturated carbocycles. The number of aryl methyl sites for hydroxylation is 1. The van der Waals surface area contributed by atoms with Gasteiger partial charge in [0, 0.05) is 17.8 Å².